The van der Waals surface area contributed by atoms with Gasteiger partial charge in [0, 0.05) is 0 Å². The second kappa shape index (κ2) is 3.96. The zero-order valence-electron chi connectivity index (χ0n) is 7.92. The third kappa shape index (κ3) is 5.54. The zero-order valence-corrected chi connectivity index (χ0v) is 7.92. The Morgan fingerprint density at radius 1 is 1.58 bits per heavy atom. The highest BCUT2D eigenvalue weighted by molar-refractivity contribution is 5.72. The van der Waals surface area contributed by atoms with Crippen LogP contribution >= 0.6 is 0 Å². The molecule has 68 valence electrons. The van der Waals surface area contributed by atoms with Gasteiger partial charge in [-0.25, -0.2) is 4.79 Å². The van der Waals surface area contributed by atoms with Crippen LogP contribution in [0.1, 0.15) is 20.8 Å². The van der Waals surface area contributed by atoms with Crippen LogP contribution in [0.3, 0.4) is 0 Å². The van der Waals surface area contributed by atoms with Crippen molar-refractivity contribution in [3.05, 3.63) is 11.5 Å². The molecule has 0 spiro atoms. The third-order valence-corrected chi connectivity index (χ3v) is 0.949. The van der Waals surface area contributed by atoms with Gasteiger partial charge in [0.15, 0.2) is 6.54 Å². The Hall–Kier alpha value is -1.24. The summed E-state index contributed by atoms with van der Waals surface area (Å²) in [6.07, 6.45) is 0. The van der Waals surface area contributed by atoms with E-state index < -0.39 is 5.60 Å². The van der Waals surface area contributed by atoms with Gasteiger partial charge in [0.05, 0.1) is 7.05 Å². The molecule has 0 aliphatic heterocycles. The highest BCUT2D eigenvalue weighted by atomic mass is 16.6. The minimum absolute atomic E-state index is 0.0147. The molecule has 0 aliphatic carbocycles. The van der Waals surface area contributed by atoms with E-state index in [4.69, 9.17) is 11.3 Å². The maximum absolute atomic E-state index is 11.0. The van der Waals surface area contributed by atoms with Gasteiger partial charge in [-0.1, -0.05) is 0 Å². The molecule has 0 fully saturated rings. The van der Waals surface area contributed by atoms with E-state index in [1.54, 1.807) is 20.8 Å². The Bertz CT molecular complexity index is 200. The zero-order chi connectivity index (χ0) is 9.78. The van der Waals surface area contributed by atoms with E-state index in [2.05, 4.69) is 4.95 Å². The van der Waals surface area contributed by atoms with Crippen molar-refractivity contribution in [3.8, 4) is 0 Å². The van der Waals surface area contributed by atoms with Gasteiger partial charge in [-0.05, 0) is 20.8 Å². The molecule has 4 heteroatoms. The van der Waals surface area contributed by atoms with E-state index in [-0.39, 0.29) is 12.5 Å². The van der Waals surface area contributed by atoms with Gasteiger partial charge in [0.25, 0.3) is 0 Å². The Kier molecular flexibility index (Phi) is 3.55. The van der Waals surface area contributed by atoms with Crippen LogP contribution in [0.25, 0.3) is 4.95 Å². The normalized spacial score (nSPS) is 10.2. The van der Waals surface area contributed by atoms with Gasteiger partial charge >= 0.3 is 5.97 Å². The molecule has 0 atom stereocenters. The van der Waals surface area contributed by atoms with E-state index in [0.29, 0.717) is 0 Å². The van der Waals surface area contributed by atoms with Crippen LogP contribution in [0.4, 0.5) is 0 Å². The molecule has 0 heterocycles. The number of hydrogen-bond donors (Lipinski definition) is 0. The van der Waals surface area contributed by atoms with Gasteiger partial charge in [-0.2, -0.15) is 11.5 Å². The fourth-order valence-corrected chi connectivity index (χ4v) is 0.596. The third-order valence-electron chi connectivity index (χ3n) is 0.949. The molecular formula is C8H14N2O2. The lowest BCUT2D eigenvalue weighted by Gasteiger charge is -2.19. The summed E-state index contributed by atoms with van der Waals surface area (Å²) in [5, 5.41) is 1.20. The molecule has 0 bridgehead atoms. The molecule has 0 aliphatic rings. The number of ether oxygens (including phenoxy) is 1. The summed E-state index contributed by atoms with van der Waals surface area (Å²) in [4.78, 5) is 14.1. The van der Waals surface area contributed by atoms with Gasteiger partial charge in [-0.3, -0.25) is 0 Å². The van der Waals surface area contributed by atoms with Crippen LogP contribution in [0.15, 0.2) is 0 Å². The van der Waals surface area contributed by atoms with Crippen LogP contribution in [0.2, 0.25) is 0 Å². The molecule has 0 saturated heterocycles. The van der Waals surface area contributed by atoms with Crippen molar-refractivity contribution in [2.75, 3.05) is 13.6 Å². The largest absolute Gasteiger partial charge is 0.458 e. The number of esters is 1. The maximum Gasteiger partial charge on any atom is 0.332 e. The molecule has 0 radical (unpaired) electrons. The molecule has 0 saturated carbocycles. The summed E-state index contributed by atoms with van der Waals surface area (Å²) in [5.74, 6) is -0.374. The molecule has 0 N–H and O–H groups in total. The smallest absolute Gasteiger partial charge is 0.332 e. The van der Waals surface area contributed by atoms with Crippen molar-refractivity contribution in [1.29, 1.82) is 0 Å². The fourth-order valence-electron chi connectivity index (χ4n) is 0.596. The predicted octanol–water partition coefficient (Wildman–Crippen LogP) is 1.09. The quantitative estimate of drug-likeness (QED) is 0.353. The number of likely N-dealkylation sites (N-methyl/N-ethyl adjacent to an activating group) is 1. The van der Waals surface area contributed by atoms with E-state index in [1.165, 1.54) is 12.1 Å². The Morgan fingerprint density at radius 3 is 2.42 bits per heavy atom. The number of carbonyl (C=O) groups is 1. The van der Waals surface area contributed by atoms with E-state index >= 15 is 0 Å². The summed E-state index contributed by atoms with van der Waals surface area (Å²) in [6.45, 7) is 12.0. The van der Waals surface area contributed by atoms with Crippen LogP contribution in [0.5, 0.6) is 0 Å². The molecule has 4 nitrogen and oxygen atoms in total. The average Bonchev–Trinajstić information content (AvgIpc) is 1.82. The monoisotopic (exact) mass is 170 g/mol. The predicted molar refractivity (Wildman–Crippen MR) is 45.1 cm³/mol. The number of carbonyl (C=O) groups excluding carboxylic acids is 1. The Morgan fingerprint density at radius 2 is 2.08 bits per heavy atom. The summed E-state index contributed by atoms with van der Waals surface area (Å²) in [7, 11) is 1.54. The van der Waals surface area contributed by atoms with Crippen LogP contribution < -0.4 is 0 Å². The van der Waals surface area contributed by atoms with Crippen LogP contribution in [0, 0.1) is 6.57 Å². The van der Waals surface area contributed by atoms with Crippen molar-refractivity contribution in [1.82, 2.24) is 5.01 Å². The summed E-state index contributed by atoms with van der Waals surface area (Å²) in [5.41, 5.74) is -0.472. The first-order chi connectivity index (χ1) is 5.35. The molecule has 0 aromatic heterocycles. The fraction of sp³-hybridized carbons (Fsp3) is 0.750. The average molecular weight is 170 g/mol. The SMILES string of the molecule is [C-]#[N+]N(C)CC(=O)OC(C)(C)C. The minimum atomic E-state index is -0.472. The molecule has 0 aromatic rings. The Balaban J connectivity index is 3.85. The lowest BCUT2D eigenvalue weighted by Crippen LogP contribution is -2.30. The molecule has 0 unspecified atom stereocenters. The lowest BCUT2D eigenvalue weighted by atomic mass is 10.2. The first kappa shape index (κ1) is 10.8. The summed E-state index contributed by atoms with van der Waals surface area (Å²) < 4.78 is 4.99. The minimum Gasteiger partial charge on any atom is -0.458 e. The molecular weight excluding hydrogens is 156 g/mol. The van der Waals surface area contributed by atoms with E-state index in [9.17, 15) is 4.79 Å². The second-order valence-electron chi connectivity index (χ2n) is 3.50. The lowest BCUT2D eigenvalue weighted by molar-refractivity contribution is -0.155. The van der Waals surface area contributed by atoms with E-state index in [1.807, 2.05) is 0 Å². The van der Waals surface area contributed by atoms with Gasteiger partial charge in [0.1, 0.15) is 5.60 Å². The molecule has 0 rings (SSSR count). The molecule has 0 aromatic carbocycles. The van der Waals surface area contributed by atoms with Crippen molar-refractivity contribution >= 4 is 5.97 Å². The van der Waals surface area contributed by atoms with Crippen molar-refractivity contribution < 1.29 is 9.53 Å². The van der Waals surface area contributed by atoms with Gasteiger partial charge in [-0.15, -0.1) is 5.01 Å². The second-order valence-corrected chi connectivity index (χ2v) is 3.50. The molecule has 0 amide bonds. The summed E-state index contributed by atoms with van der Waals surface area (Å²) >= 11 is 0. The summed E-state index contributed by atoms with van der Waals surface area (Å²) in [6, 6.07) is 0. The van der Waals surface area contributed by atoms with Crippen molar-refractivity contribution in [3.63, 3.8) is 0 Å². The maximum atomic E-state index is 11.0. The first-order valence-electron chi connectivity index (χ1n) is 3.65. The first-order valence-corrected chi connectivity index (χ1v) is 3.65. The van der Waals surface area contributed by atoms with E-state index in [0.717, 1.165) is 0 Å². The van der Waals surface area contributed by atoms with Gasteiger partial charge in [0.2, 0.25) is 0 Å². The highest BCUT2D eigenvalue weighted by Crippen LogP contribution is 2.06. The number of nitrogens with zero attached hydrogens (tertiary/aromatic N) is 2. The number of rotatable bonds is 2. The van der Waals surface area contributed by atoms with Crippen molar-refractivity contribution in [2.45, 2.75) is 26.4 Å². The van der Waals surface area contributed by atoms with Crippen LogP contribution in [-0.2, 0) is 9.53 Å². The molecule has 12 heavy (non-hydrogen) atoms. The number of hydrogen-bond acceptors (Lipinski definition) is 3. The Labute approximate surface area is 72.9 Å². The topological polar surface area (TPSA) is 33.9 Å². The van der Waals surface area contributed by atoms with Crippen LogP contribution in [-0.4, -0.2) is 30.2 Å². The van der Waals surface area contributed by atoms with Crippen molar-refractivity contribution in [2.24, 2.45) is 0 Å². The highest BCUT2D eigenvalue weighted by Gasteiger charge is 2.18. The van der Waals surface area contributed by atoms with Gasteiger partial charge < -0.3 is 4.74 Å². The standard InChI is InChI=1S/C8H14N2O2/c1-8(2,3)12-7(11)6-10(5)9-4/h6H2,1-3,5H3.